The Bertz CT molecular complexity index is 728. The molecule has 142 valence electrons. The molecule has 0 radical (unpaired) electrons. The summed E-state index contributed by atoms with van der Waals surface area (Å²) in [5, 5.41) is 7.33. The van der Waals surface area contributed by atoms with Gasteiger partial charge in [-0.3, -0.25) is 4.79 Å². The molecule has 0 aliphatic heterocycles. The summed E-state index contributed by atoms with van der Waals surface area (Å²) in [4.78, 5) is 12.2. The molecule has 0 fully saturated rings. The van der Waals surface area contributed by atoms with Crippen molar-refractivity contribution < 1.29 is 19.0 Å². The van der Waals surface area contributed by atoms with Crippen molar-refractivity contribution in [3.8, 4) is 11.5 Å². The van der Waals surface area contributed by atoms with Gasteiger partial charge in [0.15, 0.2) is 11.5 Å². The minimum absolute atomic E-state index is 0.0399. The van der Waals surface area contributed by atoms with E-state index in [-0.39, 0.29) is 5.91 Å². The van der Waals surface area contributed by atoms with E-state index in [0.29, 0.717) is 49.9 Å². The van der Waals surface area contributed by atoms with Gasteiger partial charge in [0.05, 0.1) is 27.0 Å². The fourth-order valence-electron chi connectivity index (χ4n) is 2.59. The maximum absolute atomic E-state index is 12.2. The number of ether oxygens (including phenoxy) is 3. The lowest BCUT2D eigenvalue weighted by molar-refractivity contribution is -0.116. The Morgan fingerprint density at radius 3 is 2.69 bits per heavy atom. The average molecular weight is 361 g/mol. The Hall–Kier alpha value is -2.54. The molecule has 2 rings (SSSR count). The second-order valence-corrected chi connectivity index (χ2v) is 5.87. The molecular formula is C19H27N3O4. The molecular weight excluding hydrogens is 334 g/mol. The van der Waals surface area contributed by atoms with Crippen LogP contribution in [0.4, 0.5) is 5.82 Å². The summed E-state index contributed by atoms with van der Waals surface area (Å²) >= 11 is 0. The molecule has 0 spiro atoms. The minimum atomic E-state index is -0.0399. The molecule has 1 amide bonds. The van der Waals surface area contributed by atoms with Gasteiger partial charge in [0.25, 0.3) is 0 Å². The summed E-state index contributed by atoms with van der Waals surface area (Å²) in [5.41, 5.74) is 1.92. The van der Waals surface area contributed by atoms with E-state index in [9.17, 15) is 4.79 Å². The SMILES string of the molecule is CCOCCCC(=O)Nc1c(C)cnn1Cc1ccc(OC)c(OC)c1. The smallest absolute Gasteiger partial charge is 0.225 e. The number of nitrogens with zero attached hydrogens (tertiary/aromatic N) is 2. The van der Waals surface area contributed by atoms with Crippen LogP contribution in [0.1, 0.15) is 30.9 Å². The van der Waals surface area contributed by atoms with Crippen molar-refractivity contribution >= 4 is 11.7 Å². The number of amides is 1. The number of benzene rings is 1. The standard InChI is InChI=1S/C19H27N3O4/c1-5-26-10-6-7-18(23)21-19-14(2)12-20-22(19)13-15-8-9-16(24-3)17(11-15)25-4/h8-9,11-12H,5-7,10,13H2,1-4H3,(H,21,23). The van der Waals surface area contributed by atoms with E-state index in [1.165, 1.54) is 0 Å². The third-order valence-corrected chi connectivity index (χ3v) is 3.96. The van der Waals surface area contributed by atoms with Gasteiger partial charge < -0.3 is 19.5 Å². The van der Waals surface area contributed by atoms with Gasteiger partial charge in [-0.15, -0.1) is 0 Å². The third kappa shape index (κ3) is 5.23. The first-order valence-corrected chi connectivity index (χ1v) is 8.70. The monoisotopic (exact) mass is 361 g/mol. The molecule has 1 aromatic heterocycles. The first-order chi connectivity index (χ1) is 12.6. The van der Waals surface area contributed by atoms with Crippen LogP contribution >= 0.6 is 0 Å². The lowest BCUT2D eigenvalue weighted by Gasteiger charge is -2.12. The normalized spacial score (nSPS) is 10.6. The molecule has 7 nitrogen and oxygen atoms in total. The summed E-state index contributed by atoms with van der Waals surface area (Å²) in [6.07, 6.45) is 2.86. The molecule has 2 aromatic rings. The van der Waals surface area contributed by atoms with Gasteiger partial charge in [0, 0.05) is 25.2 Å². The molecule has 0 atom stereocenters. The molecule has 26 heavy (non-hydrogen) atoms. The van der Waals surface area contributed by atoms with E-state index in [1.54, 1.807) is 25.1 Å². The fourth-order valence-corrected chi connectivity index (χ4v) is 2.59. The molecule has 7 heteroatoms. The van der Waals surface area contributed by atoms with Crippen molar-refractivity contribution in [2.24, 2.45) is 0 Å². The number of carbonyl (C=O) groups excluding carboxylic acids is 1. The Morgan fingerprint density at radius 2 is 2.00 bits per heavy atom. The summed E-state index contributed by atoms with van der Waals surface area (Å²) in [6, 6.07) is 5.71. The quantitative estimate of drug-likeness (QED) is 0.659. The molecule has 0 aliphatic carbocycles. The third-order valence-electron chi connectivity index (χ3n) is 3.96. The second-order valence-electron chi connectivity index (χ2n) is 5.87. The lowest BCUT2D eigenvalue weighted by atomic mass is 10.2. The number of aromatic nitrogens is 2. The highest BCUT2D eigenvalue weighted by Gasteiger charge is 2.13. The summed E-state index contributed by atoms with van der Waals surface area (Å²) in [6.45, 7) is 5.64. The van der Waals surface area contributed by atoms with Crippen LogP contribution in [0.2, 0.25) is 0 Å². The molecule has 1 heterocycles. The van der Waals surface area contributed by atoms with Crippen LogP contribution < -0.4 is 14.8 Å². The highest BCUT2D eigenvalue weighted by Crippen LogP contribution is 2.28. The first-order valence-electron chi connectivity index (χ1n) is 8.70. The van der Waals surface area contributed by atoms with E-state index in [1.807, 2.05) is 32.0 Å². The molecule has 1 N–H and O–H groups in total. The van der Waals surface area contributed by atoms with Crippen molar-refractivity contribution in [1.82, 2.24) is 9.78 Å². The maximum atomic E-state index is 12.2. The topological polar surface area (TPSA) is 74.6 Å². The van der Waals surface area contributed by atoms with Gasteiger partial charge in [-0.1, -0.05) is 6.07 Å². The largest absolute Gasteiger partial charge is 0.493 e. The Morgan fingerprint density at radius 1 is 1.23 bits per heavy atom. The van der Waals surface area contributed by atoms with Gasteiger partial charge in [0.1, 0.15) is 5.82 Å². The van der Waals surface area contributed by atoms with E-state index >= 15 is 0 Å². The van der Waals surface area contributed by atoms with Crippen LogP contribution in [0.25, 0.3) is 0 Å². The number of anilines is 1. The molecule has 0 bridgehead atoms. The number of hydrogen-bond acceptors (Lipinski definition) is 5. The molecule has 0 saturated carbocycles. The van der Waals surface area contributed by atoms with E-state index < -0.39 is 0 Å². The predicted octanol–water partition coefficient (Wildman–Crippen LogP) is 3.01. The summed E-state index contributed by atoms with van der Waals surface area (Å²) in [5.74, 6) is 2.01. The average Bonchev–Trinajstić information content (AvgIpc) is 2.98. The van der Waals surface area contributed by atoms with Gasteiger partial charge in [-0.25, -0.2) is 4.68 Å². The number of nitrogens with one attached hydrogen (secondary N) is 1. The minimum Gasteiger partial charge on any atom is -0.493 e. The fraction of sp³-hybridized carbons (Fsp3) is 0.474. The van der Waals surface area contributed by atoms with Crippen molar-refractivity contribution in [3.05, 3.63) is 35.5 Å². The van der Waals surface area contributed by atoms with Crippen LogP contribution in [0.15, 0.2) is 24.4 Å². The van der Waals surface area contributed by atoms with Gasteiger partial charge >= 0.3 is 0 Å². The summed E-state index contributed by atoms with van der Waals surface area (Å²) < 4.78 is 17.6. The van der Waals surface area contributed by atoms with E-state index in [4.69, 9.17) is 14.2 Å². The zero-order valence-corrected chi connectivity index (χ0v) is 15.9. The zero-order valence-electron chi connectivity index (χ0n) is 15.9. The van der Waals surface area contributed by atoms with Gasteiger partial charge in [-0.05, 0) is 38.0 Å². The number of methoxy groups -OCH3 is 2. The highest BCUT2D eigenvalue weighted by molar-refractivity contribution is 5.90. The predicted molar refractivity (Wildman–Crippen MR) is 100.0 cm³/mol. The van der Waals surface area contributed by atoms with Crippen LogP contribution in [-0.2, 0) is 16.1 Å². The Balaban J connectivity index is 2.06. The Labute approximate surface area is 154 Å². The van der Waals surface area contributed by atoms with E-state index in [0.717, 1.165) is 11.1 Å². The second kappa shape index (κ2) is 9.82. The zero-order chi connectivity index (χ0) is 18.9. The number of aryl methyl sites for hydroxylation is 1. The molecule has 0 saturated heterocycles. The van der Waals surface area contributed by atoms with Crippen LogP contribution in [0.3, 0.4) is 0 Å². The van der Waals surface area contributed by atoms with Crippen molar-refractivity contribution in [2.45, 2.75) is 33.2 Å². The van der Waals surface area contributed by atoms with Crippen LogP contribution in [0, 0.1) is 6.92 Å². The molecule has 0 unspecified atom stereocenters. The van der Waals surface area contributed by atoms with Crippen LogP contribution in [0.5, 0.6) is 11.5 Å². The molecule has 1 aromatic carbocycles. The van der Waals surface area contributed by atoms with Gasteiger partial charge in [-0.2, -0.15) is 5.10 Å². The highest BCUT2D eigenvalue weighted by atomic mass is 16.5. The number of rotatable bonds is 10. The molecule has 0 aliphatic rings. The number of carbonyl (C=O) groups is 1. The van der Waals surface area contributed by atoms with Gasteiger partial charge in [0.2, 0.25) is 5.91 Å². The maximum Gasteiger partial charge on any atom is 0.225 e. The lowest BCUT2D eigenvalue weighted by Crippen LogP contribution is -2.17. The first kappa shape index (κ1) is 19.8. The number of hydrogen-bond donors (Lipinski definition) is 1. The van der Waals surface area contributed by atoms with Crippen molar-refractivity contribution in [1.29, 1.82) is 0 Å². The van der Waals surface area contributed by atoms with Crippen molar-refractivity contribution in [3.63, 3.8) is 0 Å². The summed E-state index contributed by atoms with van der Waals surface area (Å²) in [7, 11) is 3.21. The van der Waals surface area contributed by atoms with E-state index in [2.05, 4.69) is 10.4 Å². The van der Waals surface area contributed by atoms with Crippen LogP contribution in [-0.4, -0.2) is 43.1 Å². The Kier molecular flexibility index (Phi) is 7.47. The van der Waals surface area contributed by atoms with Crippen molar-refractivity contribution in [2.75, 3.05) is 32.8 Å².